The molecule has 0 spiro atoms. The summed E-state index contributed by atoms with van der Waals surface area (Å²) in [7, 11) is 0. The molecule has 86 valence electrons. The van der Waals surface area contributed by atoms with Crippen molar-refractivity contribution in [3.63, 3.8) is 0 Å². The van der Waals surface area contributed by atoms with Gasteiger partial charge in [-0.25, -0.2) is 0 Å². The molecule has 0 aromatic carbocycles. The van der Waals surface area contributed by atoms with Crippen LogP contribution in [-0.4, -0.2) is 22.9 Å². The number of rotatable bonds is 6. The number of nitrogens with zero attached hydrogens (tertiary/aromatic N) is 1. The molecule has 0 radical (unpaired) electrons. The molecule has 1 aromatic heterocycles. The summed E-state index contributed by atoms with van der Waals surface area (Å²) < 4.78 is 7.53. The second kappa shape index (κ2) is 5.93. The number of ether oxygens (including phenoxy) is 1. The highest BCUT2D eigenvalue weighted by Crippen LogP contribution is 2.12. The van der Waals surface area contributed by atoms with Gasteiger partial charge in [-0.15, -0.1) is 0 Å². The molecule has 15 heavy (non-hydrogen) atoms. The van der Waals surface area contributed by atoms with Gasteiger partial charge in [0.25, 0.3) is 0 Å². The van der Waals surface area contributed by atoms with Crippen molar-refractivity contribution < 1.29 is 9.84 Å². The quantitative estimate of drug-likeness (QED) is 0.732. The van der Waals surface area contributed by atoms with E-state index in [-0.39, 0.29) is 0 Å². The van der Waals surface area contributed by atoms with Gasteiger partial charge < -0.3 is 14.4 Å². The molecule has 1 rings (SSSR count). The van der Waals surface area contributed by atoms with E-state index >= 15 is 0 Å². The van der Waals surface area contributed by atoms with Crippen LogP contribution >= 0.6 is 0 Å². The second-order valence-corrected chi connectivity index (χ2v) is 4.27. The molecule has 0 aliphatic heterocycles. The summed E-state index contributed by atoms with van der Waals surface area (Å²) in [5.74, 6) is 0.575. The van der Waals surface area contributed by atoms with Crippen LogP contribution in [0.2, 0.25) is 0 Å². The first-order valence-electron chi connectivity index (χ1n) is 5.52. The zero-order valence-electron chi connectivity index (χ0n) is 9.81. The number of hydrogen-bond acceptors (Lipinski definition) is 2. The summed E-state index contributed by atoms with van der Waals surface area (Å²) in [5, 5.41) is 9.48. The average molecular weight is 211 g/mol. The van der Waals surface area contributed by atoms with Crippen LogP contribution in [0.15, 0.2) is 18.3 Å². The first-order chi connectivity index (χ1) is 7.11. The third-order valence-corrected chi connectivity index (χ3v) is 2.22. The Morgan fingerprint density at radius 2 is 2.13 bits per heavy atom. The lowest BCUT2D eigenvalue weighted by atomic mass is 10.2. The fourth-order valence-corrected chi connectivity index (χ4v) is 1.49. The zero-order valence-corrected chi connectivity index (χ0v) is 9.81. The SMILES string of the molecule is CC(C)COCCn1cccc1C(C)O. The van der Waals surface area contributed by atoms with Crippen LogP contribution in [0.4, 0.5) is 0 Å². The van der Waals surface area contributed by atoms with E-state index < -0.39 is 6.10 Å². The van der Waals surface area contributed by atoms with Gasteiger partial charge in [-0.1, -0.05) is 13.8 Å². The summed E-state index contributed by atoms with van der Waals surface area (Å²) >= 11 is 0. The number of aromatic nitrogens is 1. The Balaban J connectivity index is 2.34. The molecule has 3 nitrogen and oxygen atoms in total. The topological polar surface area (TPSA) is 34.4 Å². The molecule has 0 bridgehead atoms. The highest BCUT2D eigenvalue weighted by Gasteiger charge is 2.05. The van der Waals surface area contributed by atoms with Gasteiger partial charge in [0.1, 0.15) is 0 Å². The second-order valence-electron chi connectivity index (χ2n) is 4.27. The van der Waals surface area contributed by atoms with Crippen LogP contribution in [0.1, 0.15) is 32.6 Å². The Bertz CT molecular complexity index is 279. The van der Waals surface area contributed by atoms with Crippen LogP contribution in [0.5, 0.6) is 0 Å². The van der Waals surface area contributed by atoms with Crippen LogP contribution < -0.4 is 0 Å². The summed E-state index contributed by atoms with van der Waals surface area (Å²) in [6, 6.07) is 3.89. The summed E-state index contributed by atoms with van der Waals surface area (Å²) in [6.07, 6.45) is 1.56. The Morgan fingerprint density at radius 1 is 1.40 bits per heavy atom. The van der Waals surface area contributed by atoms with E-state index in [0.29, 0.717) is 12.5 Å². The molecule has 0 saturated heterocycles. The predicted molar refractivity (Wildman–Crippen MR) is 60.7 cm³/mol. The van der Waals surface area contributed by atoms with Crippen LogP contribution in [0.3, 0.4) is 0 Å². The highest BCUT2D eigenvalue weighted by atomic mass is 16.5. The van der Waals surface area contributed by atoms with Crippen molar-refractivity contribution in [2.45, 2.75) is 33.4 Å². The van der Waals surface area contributed by atoms with Crippen molar-refractivity contribution >= 4 is 0 Å². The first-order valence-corrected chi connectivity index (χ1v) is 5.52. The monoisotopic (exact) mass is 211 g/mol. The molecule has 0 aliphatic carbocycles. The minimum Gasteiger partial charge on any atom is -0.387 e. The molecule has 0 aliphatic rings. The summed E-state index contributed by atoms with van der Waals surface area (Å²) in [4.78, 5) is 0. The normalized spacial score (nSPS) is 13.4. The molecule has 1 aromatic rings. The lowest BCUT2D eigenvalue weighted by Crippen LogP contribution is -2.11. The van der Waals surface area contributed by atoms with E-state index in [1.165, 1.54) is 0 Å². The number of hydrogen-bond donors (Lipinski definition) is 1. The van der Waals surface area contributed by atoms with E-state index in [1.54, 1.807) is 6.92 Å². The molecule has 3 heteroatoms. The van der Waals surface area contributed by atoms with Crippen LogP contribution in [0.25, 0.3) is 0 Å². The van der Waals surface area contributed by atoms with Gasteiger partial charge >= 0.3 is 0 Å². The molecule has 0 amide bonds. The molecule has 1 atom stereocenters. The predicted octanol–water partition coefficient (Wildman–Crippen LogP) is 2.21. The Labute approximate surface area is 91.7 Å². The minimum absolute atomic E-state index is 0.412. The fourth-order valence-electron chi connectivity index (χ4n) is 1.49. The molecule has 1 N–H and O–H groups in total. The Hall–Kier alpha value is -0.800. The van der Waals surface area contributed by atoms with Crippen molar-refractivity contribution in [3.05, 3.63) is 24.0 Å². The fraction of sp³-hybridized carbons (Fsp3) is 0.667. The highest BCUT2D eigenvalue weighted by molar-refractivity contribution is 5.09. The largest absolute Gasteiger partial charge is 0.387 e. The maximum atomic E-state index is 9.48. The first kappa shape index (κ1) is 12.3. The van der Waals surface area contributed by atoms with Crippen molar-refractivity contribution in [1.29, 1.82) is 0 Å². The van der Waals surface area contributed by atoms with E-state index in [4.69, 9.17) is 4.74 Å². The molecular formula is C12H21NO2. The number of aliphatic hydroxyl groups is 1. The lowest BCUT2D eigenvalue weighted by molar-refractivity contribution is 0.100. The maximum Gasteiger partial charge on any atom is 0.0911 e. The van der Waals surface area contributed by atoms with Crippen LogP contribution in [0, 0.1) is 5.92 Å². The molecule has 0 fully saturated rings. The third-order valence-electron chi connectivity index (χ3n) is 2.22. The van der Waals surface area contributed by atoms with E-state index in [0.717, 1.165) is 18.8 Å². The van der Waals surface area contributed by atoms with E-state index in [1.807, 2.05) is 22.9 Å². The Kier molecular flexibility index (Phi) is 4.85. The van der Waals surface area contributed by atoms with Gasteiger partial charge in [0.2, 0.25) is 0 Å². The maximum absolute atomic E-state index is 9.48. The standard InChI is InChI=1S/C12H21NO2/c1-10(2)9-15-8-7-13-6-4-5-12(13)11(3)14/h4-6,10-11,14H,7-9H2,1-3H3. The van der Waals surface area contributed by atoms with Crippen molar-refractivity contribution in [2.75, 3.05) is 13.2 Å². The van der Waals surface area contributed by atoms with Gasteiger partial charge in [0.15, 0.2) is 0 Å². The minimum atomic E-state index is -0.412. The smallest absolute Gasteiger partial charge is 0.0911 e. The average Bonchev–Trinajstić information content (AvgIpc) is 2.60. The van der Waals surface area contributed by atoms with E-state index in [9.17, 15) is 5.11 Å². The van der Waals surface area contributed by atoms with Crippen molar-refractivity contribution in [1.82, 2.24) is 4.57 Å². The lowest BCUT2D eigenvalue weighted by Gasteiger charge is -2.12. The van der Waals surface area contributed by atoms with Crippen molar-refractivity contribution in [3.8, 4) is 0 Å². The summed E-state index contributed by atoms with van der Waals surface area (Å²) in [5.41, 5.74) is 0.947. The van der Waals surface area contributed by atoms with Gasteiger partial charge in [-0.05, 0) is 25.0 Å². The molecule has 1 unspecified atom stereocenters. The zero-order chi connectivity index (χ0) is 11.3. The molecule has 0 saturated carbocycles. The Morgan fingerprint density at radius 3 is 2.73 bits per heavy atom. The van der Waals surface area contributed by atoms with Gasteiger partial charge in [-0.2, -0.15) is 0 Å². The third kappa shape index (κ3) is 4.06. The molecular weight excluding hydrogens is 190 g/mol. The number of aliphatic hydroxyl groups excluding tert-OH is 1. The van der Waals surface area contributed by atoms with E-state index in [2.05, 4.69) is 13.8 Å². The molecule has 1 heterocycles. The van der Waals surface area contributed by atoms with Gasteiger partial charge in [0.05, 0.1) is 12.7 Å². The van der Waals surface area contributed by atoms with Crippen LogP contribution in [-0.2, 0) is 11.3 Å². The summed E-state index contributed by atoms with van der Waals surface area (Å²) in [6.45, 7) is 8.35. The van der Waals surface area contributed by atoms with Crippen molar-refractivity contribution in [2.24, 2.45) is 5.92 Å². The van der Waals surface area contributed by atoms with Gasteiger partial charge in [-0.3, -0.25) is 0 Å². The van der Waals surface area contributed by atoms with Gasteiger partial charge in [0, 0.05) is 25.0 Å².